The van der Waals surface area contributed by atoms with Gasteiger partial charge in [-0.05, 0) is 32.4 Å². The molecule has 2 rings (SSSR count). The number of aryl methyl sites for hydroxylation is 1. The third-order valence-electron chi connectivity index (χ3n) is 3.02. The summed E-state index contributed by atoms with van der Waals surface area (Å²) in [6.07, 6.45) is 0. The molecule has 1 aromatic carbocycles. The zero-order valence-electron chi connectivity index (χ0n) is 12.8. The maximum atomic E-state index is 12.1. The highest BCUT2D eigenvalue weighted by Crippen LogP contribution is 2.40. The molecule has 0 saturated heterocycles. The van der Waals surface area contributed by atoms with Crippen LogP contribution in [0.15, 0.2) is 12.1 Å². The first-order chi connectivity index (χ1) is 8.86. The second-order valence-electron chi connectivity index (χ2n) is 4.77. The maximum Gasteiger partial charge on any atom is 0.270 e. The standard InChI is InChI=1S/C13H17NO3.C2H6/c1-8-6-11-9(7-10(8)16-5)14(4)12(15)13(2,3)17-11;1-2/h6-7H,1-5H3;1-2H3. The van der Waals surface area contributed by atoms with Gasteiger partial charge in [0, 0.05) is 13.1 Å². The molecule has 0 radical (unpaired) electrons. The number of likely N-dealkylation sites (N-methyl/N-ethyl adjacent to an activating group) is 1. The molecule has 0 unspecified atom stereocenters. The van der Waals surface area contributed by atoms with Crippen LogP contribution >= 0.6 is 0 Å². The first-order valence-corrected chi connectivity index (χ1v) is 6.52. The topological polar surface area (TPSA) is 38.8 Å². The van der Waals surface area contributed by atoms with Crippen molar-refractivity contribution in [3.8, 4) is 11.5 Å². The molecule has 0 fully saturated rings. The minimum atomic E-state index is -0.817. The zero-order valence-corrected chi connectivity index (χ0v) is 12.8. The van der Waals surface area contributed by atoms with Crippen molar-refractivity contribution in [3.05, 3.63) is 17.7 Å². The van der Waals surface area contributed by atoms with Crippen LogP contribution in [-0.4, -0.2) is 25.7 Å². The molecule has 19 heavy (non-hydrogen) atoms. The van der Waals surface area contributed by atoms with E-state index < -0.39 is 5.60 Å². The van der Waals surface area contributed by atoms with Gasteiger partial charge in [0.1, 0.15) is 11.5 Å². The van der Waals surface area contributed by atoms with Crippen LogP contribution in [0.2, 0.25) is 0 Å². The number of hydrogen-bond acceptors (Lipinski definition) is 3. The van der Waals surface area contributed by atoms with E-state index in [1.165, 1.54) is 0 Å². The van der Waals surface area contributed by atoms with Crippen molar-refractivity contribution in [2.45, 2.75) is 40.2 Å². The largest absolute Gasteiger partial charge is 0.496 e. The zero-order chi connectivity index (χ0) is 14.8. The molecule has 0 spiro atoms. The number of anilines is 1. The molecule has 4 heteroatoms. The summed E-state index contributed by atoms with van der Waals surface area (Å²) in [5, 5.41) is 0. The first kappa shape index (κ1) is 15.3. The van der Waals surface area contributed by atoms with E-state index in [9.17, 15) is 4.79 Å². The smallest absolute Gasteiger partial charge is 0.270 e. The van der Waals surface area contributed by atoms with Crippen LogP contribution in [0.1, 0.15) is 33.3 Å². The van der Waals surface area contributed by atoms with Gasteiger partial charge < -0.3 is 14.4 Å². The lowest BCUT2D eigenvalue weighted by molar-refractivity contribution is -0.132. The maximum absolute atomic E-state index is 12.1. The number of hydrogen-bond donors (Lipinski definition) is 0. The van der Waals surface area contributed by atoms with Crippen molar-refractivity contribution in [3.63, 3.8) is 0 Å². The Kier molecular flexibility index (Phi) is 4.45. The Morgan fingerprint density at radius 3 is 2.37 bits per heavy atom. The van der Waals surface area contributed by atoms with Crippen LogP contribution in [0.5, 0.6) is 11.5 Å². The van der Waals surface area contributed by atoms with E-state index in [1.807, 2.05) is 32.9 Å². The number of ether oxygens (including phenoxy) is 2. The number of carbonyl (C=O) groups is 1. The number of benzene rings is 1. The second-order valence-corrected chi connectivity index (χ2v) is 4.77. The quantitative estimate of drug-likeness (QED) is 0.783. The SMILES string of the molecule is CC.COc1cc2c(cc1C)OC(C)(C)C(=O)N2C. The summed E-state index contributed by atoms with van der Waals surface area (Å²) in [7, 11) is 3.37. The average Bonchev–Trinajstić information content (AvgIpc) is 2.38. The molecule has 1 amide bonds. The van der Waals surface area contributed by atoms with E-state index in [4.69, 9.17) is 9.47 Å². The van der Waals surface area contributed by atoms with Crippen molar-refractivity contribution in [1.82, 2.24) is 0 Å². The predicted octanol–water partition coefficient (Wildman–Crippen LogP) is 3.16. The number of methoxy groups -OCH3 is 1. The lowest BCUT2D eigenvalue weighted by Crippen LogP contribution is -2.50. The molecular formula is C15H23NO3. The van der Waals surface area contributed by atoms with Crippen LogP contribution in [0.4, 0.5) is 5.69 Å². The van der Waals surface area contributed by atoms with Gasteiger partial charge in [0.05, 0.1) is 12.8 Å². The highest BCUT2D eigenvalue weighted by atomic mass is 16.5. The van der Waals surface area contributed by atoms with Gasteiger partial charge in [-0.1, -0.05) is 13.8 Å². The van der Waals surface area contributed by atoms with Crippen LogP contribution in [0.3, 0.4) is 0 Å². The fourth-order valence-corrected chi connectivity index (χ4v) is 2.05. The molecule has 0 aromatic heterocycles. The van der Waals surface area contributed by atoms with Gasteiger partial charge >= 0.3 is 0 Å². The normalized spacial score (nSPS) is 15.9. The molecular weight excluding hydrogens is 242 g/mol. The average molecular weight is 265 g/mol. The molecule has 0 N–H and O–H groups in total. The van der Waals surface area contributed by atoms with E-state index in [1.54, 1.807) is 32.9 Å². The summed E-state index contributed by atoms with van der Waals surface area (Å²) in [6, 6.07) is 3.73. The Balaban J connectivity index is 0.000000861. The van der Waals surface area contributed by atoms with Crippen LogP contribution in [0.25, 0.3) is 0 Å². The van der Waals surface area contributed by atoms with E-state index in [0.717, 1.165) is 22.7 Å². The highest BCUT2D eigenvalue weighted by Gasteiger charge is 2.39. The van der Waals surface area contributed by atoms with E-state index >= 15 is 0 Å². The highest BCUT2D eigenvalue weighted by molar-refractivity contribution is 6.02. The molecule has 1 aliphatic rings. The number of nitrogens with zero attached hydrogens (tertiary/aromatic N) is 1. The fourth-order valence-electron chi connectivity index (χ4n) is 2.05. The molecule has 1 heterocycles. The van der Waals surface area contributed by atoms with Gasteiger partial charge in [-0.3, -0.25) is 4.79 Å². The van der Waals surface area contributed by atoms with Gasteiger partial charge in [0.15, 0.2) is 5.60 Å². The van der Waals surface area contributed by atoms with Gasteiger partial charge in [0.25, 0.3) is 5.91 Å². The molecule has 0 aliphatic carbocycles. The van der Waals surface area contributed by atoms with Crippen molar-refractivity contribution in [1.29, 1.82) is 0 Å². The van der Waals surface area contributed by atoms with E-state index in [0.29, 0.717) is 0 Å². The molecule has 4 nitrogen and oxygen atoms in total. The Morgan fingerprint density at radius 1 is 1.26 bits per heavy atom. The van der Waals surface area contributed by atoms with Crippen molar-refractivity contribution in [2.24, 2.45) is 0 Å². The molecule has 0 bridgehead atoms. The van der Waals surface area contributed by atoms with Gasteiger partial charge in [-0.2, -0.15) is 0 Å². The number of fused-ring (bicyclic) bond motifs is 1. The van der Waals surface area contributed by atoms with Crippen molar-refractivity contribution < 1.29 is 14.3 Å². The lowest BCUT2D eigenvalue weighted by atomic mass is 10.0. The van der Waals surface area contributed by atoms with Crippen LogP contribution < -0.4 is 14.4 Å². The third kappa shape index (κ3) is 2.67. The van der Waals surface area contributed by atoms with Crippen molar-refractivity contribution in [2.75, 3.05) is 19.1 Å². The number of rotatable bonds is 1. The predicted molar refractivity (Wildman–Crippen MR) is 77.2 cm³/mol. The minimum Gasteiger partial charge on any atom is -0.496 e. The number of amides is 1. The van der Waals surface area contributed by atoms with Crippen LogP contribution in [0, 0.1) is 6.92 Å². The molecule has 106 valence electrons. The second kappa shape index (κ2) is 5.51. The van der Waals surface area contributed by atoms with E-state index in [2.05, 4.69) is 0 Å². The summed E-state index contributed by atoms with van der Waals surface area (Å²) in [5.74, 6) is 1.41. The molecule has 0 atom stereocenters. The van der Waals surface area contributed by atoms with Crippen molar-refractivity contribution >= 4 is 11.6 Å². The minimum absolute atomic E-state index is 0.0593. The first-order valence-electron chi connectivity index (χ1n) is 6.52. The molecule has 1 aliphatic heterocycles. The Bertz CT molecular complexity index is 481. The Labute approximate surface area is 115 Å². The Morgan fingerprint density at radius 2 is 1.84 bits per heavy atom. The fraction of sp³-hybridized carbons (Fsp3) is 0.533. The summed E-state index contributed by atoms with van der Waals surface area (Å²) < 4.78 is 11.0. The summed E-state index contributed by atoms with van der Waals surface area (Å²) in [4.78, 5) is 13.7. The van der Waals surface area contributed by atoms with E-state index in [-0.39, 0.29) is 5.91 Å². The summed E-state index contributed by atoms with van der Waals surface area (Å²) in [5.41, 5.74) is 0.921. The molecule has 0 saturated carbocycles. The monoisotopic (exact) mass is 265 g/mol. The van der Waals surface area contributed by atoms with Gasteiger partial charge in [-0.25, -0.2) is 0 Å². The van der Waals surface area contributed by atoms with Gasteiger partial charge in [0.2, 0.25) is 0 Å². The number of carbonyl (C=O) groups excluding carboxylic acids is 1. The third-order valence-corrected chi connectivity index (χ3v) is 3.02. The molecule has 1 aromatic rings. The van der Waals surface area contributed by atoms with Gasteiger partial charge in [-0.15, -0.1) is 0 Å². The van der Waals surface area contributed by atoms with Crippen LogP contribution in [-0.2, 0) is 4.79 Å². The summed E-state index contributed by atoms with van der Waals surface area (Å²) in [6.45, 7) is 9.49. The Hall–Kier alpha value is -1.71. The summed E-state index contributed by atoms with van der Waals surface area (Å²) >= 11 is 0. The lowest BCUT2D eigenvalue weighted by Gasteiger charge is -2.37.